The number of hydrogen-bond acceptors (Lipinski definition) is 3. The van der Waals surface area contributed by atoms with Crippen molar-refractivity contribution in [2.24, 2.45) is 0 Å². The third kappa shape index (κ3) is 5.85. The molecule has 0 spiro atoms. The number of amides is 1. The van der Waals surface area contributed by atoms with Crippen LogP contribution in [0, 0.1) is 5.82 Å². The van der Waals surface area contributed by atoms with E-state index in [9.17, 15) is 9.18 Å². The Bertz CT molecular complexity index is 714. The first kappa shape index (κ1) is 18.9. The number of thioether (sulfide) groups is 1. The maximum Gasteiger partial charge on any atom is 0.230 e. The van der Waals surface area contributed by atoms with Crippen LogP contribution in [0.3, 0.4) is 0 Å². The van der Waals surface area contributed by atoms with Crippen LogP contribution < -0.4 is 5.32 Å². The minimum absolute atomic E-state index is 0.0353. The molecule has 26 heavy (non-hydrogen) atoms. The Morgan fingerprint density at radius 3 is 2.46 bits per heavy atom. The number of hydrogen-bond donors (Lipinski definition) is 1. The van der Waals surface area contributed by atoms with Gasteiger partial charge in [-0.05, 0) is 54.8 Å². The predicted molar refractivity (Wildman–Crippen MR) is 105 cm³/mol. The maximum absolute atomic E-state index is 12.9. The Morgan fingerprint density at radius 2 is 1.73 bits per heavy atom. The summed E-state index contributed by atoms with van der Waals surface area (Å²) in [4.78, 5) is 14.6. The van der Waals surface area contributed by atoms with Gasteiger partial charge in [0.2, 0.25) is 5.91 Å². The summed E-state index contributed by atoms with van der Waals surface area (Å²) in [6, 6.07) is 14.8. The fourth-order valence-electron chi connectivity index (χ4n) is 3.15. The first-order chi connectivity index (χ1) is 12.7. The first-order valence-electron chi connectivity index (χ1n) is 9.09. The van der Waals surface area contributed by atoms with Crippen molar-refractivity contribution >= 4 is 17.7 Å². The highest BCUT2D eigenvalue weighted by Gasteiger charge is 2.13. The summed E-state index contributed by atoms with van der Waals surface area (Å²) in [6.45, 7) is 3.87. The highest BCUT2D eigenvalue weighted by Crippen LogP contribution is 2.16. The largest absolute Gasteiger partial charge is 0.351 e. The highest BCUT2D eigenvalue weighted by molar-refractivity contribution is 7.99. The van der Waals surface area contributed by atoms with Gasteiger partial charge >= 0.3 is 0 Å². The fourth-order valence-corrected chi connectivity index (χ4v) is 3.97. The average molecular weight is 373 g/mol. The van der Waals surface area contributed by atoms with Crippen molar-refractivity contribution in [2.75, 3.05) is 18.8 Å². The van der Waals surface area contributed by atoms with Gasteiger partial charge in [0.15, 0.2) is 0 Å². The van der Waals surface area contributed by atoms with E-state index in [1.807, 2.05) is 6.07 Å². The van der Waals surface area contributed by atoms with Crippen molar-refractivity contribution in [3.8, 4) is 0 Å². The molecule has 1 aliphatic heterocycles. The molecule has 0 radical (unpaired) electrons. The van der Waals surface area contributed by atoms with Gasteiger partial charge in [0.1, 0.15) is 5.82 Å². The Morgan fingerprint density at radius 1 is 1.04 bits per heavy atom. The molecule has 3 rings (SSSR count). The van der Waals surface area contributed by atoms with Crippen LogP contribution in [0.25, 0.3) is 0 Å². The van der Waals surface area contributed by atoms with E-state index in [2.05, 4.69) is 28.4 Å². The quantitative estimate of drug-likeness (QED) is 0.761. The van der Waals surface area contributed by atoms with Crippen molar-refractivity contribution in [1.29, 1.82) is 0 Å². The minimum atomic E-state index is -0.232. The van der Waals surface area contributed by atoms with Crippen LogP contribution in [-0.4, -0.2) is 29.6 Å². The maximum atomic E-state index is 12.9. The van der Waals surface area contributed by atoms with E-state index in [1.165, 1.54) is 49.2 Å². The van der Waals surface area contributed by atoms with Crippen LogP contribution in [0.5, 0.6) is 0 Å². The summed E-state index contributed by atoms with van der Waals surface area (Å²) in [5.74, 6) is 0.919. The minimum Gasteiger partial charge on any atom is -0.351 e. The summed E-state index contributed by atoms with van der Waals surface area (Å²) in [7, 11) is 0. The second kappa shape index (κ2) is 9.74. The van der Waals surface area contributed by atoms with Crippen LogP contribution in [0.15, 0.2) is 48.5 Å². The molecule has 0 unspecified atom stereocenters. The van der Waals surface area contributed by atoms with Crippen LogP contribution >= 0.6 is 11.8 Å². The number of nitrogens with zero attached hydrogens (tertiary/aromatic N) is 1. The third-order valence-electron chi connectivity index (χ3n) is 4.60. The molecule has 5 heteroatoms. The van der Waals surface area contributed by atoms with Gasteiger partial charge in [-0.1, -0.05) is 36.4 Å². The number of carbonyl (C=O) groups is 1. The summed E-state index contributed by atoms with van der Waals surface area (Å²) in [6.07, 6.45) is 2.56. The van der Waals surface area contributed by atoms with E-state index in [1.54, 1.807) is 23.9 Å². The highest BCUT2D eigenvalue weighted by atomic mass is 32.2. The van der Waals surface area contributed by atoms with E-state index < -0.39 is 0 Å². The normalized spacial score (nSPS) is 14.5. The predicted octanol–water partition coefficient (Wildman–Crippen LogP) is 3.97. The Labute approximate surface area is 159 Å². The summed E-state index contributed by atoms with van der Waals surface area (Å²) in [5, 5.41) is 3.02. The van der Waals surface area contributed by atoms with Gasteiger partial charge in [-0.2, -0.15) is 0 Å². The van der Waals surface area contributed by atoms with Gasteiger partial charge in [0.05, 0.1) is 5.75 Å². The molecule has 3 nitrogen and oxygen atoms in total. The van der Waals surface area contributed by atoms with E-state index >= 15 is 0 Å². The monoisotopic (exact) mass is 372 g/mol. The lowest BCUT2D eigenvalue weighted by Crippen LogP contribution is -2.26. The number of rotatable bonds is 8. The number of benzene rings is 2. The molecule has 1 saturated heterocycles. The van der Waals surface area contributed by atoms with Gasteiger partial charge in [-0.3, -0.25) is 9.69 Å². The lowest BCUT2D eigenvalue weighted by atomic mass is 10.1. The summed E-state index contributed by atoms with van der Waals surface area (Å²) in [5.41, 5.74) is 3.52. The number of nitrogens with one attached hydrogen (secondary N) is 1. The topological polar surface area (TPSA) is 32.3 Å². The second-order valence-corrected chi connectivity index (χ2v) is 7.63. The van der Waals surface area contributed by atoms with Gasteiger partial charge in [-0.25, -0.2) is 4.39 Å². The van der Waals surface area contributed by atoms with Crippen molar-refractivity contribution < 1.29 is 9.18 Å². The molecule has 0 aliphatic carbocycles. The zero-order valence-electron chi connectivity index (χ0n) is 14.9. The molecular formula is C21H25FN2OS. The molecular weight excluding hydrogens is 347 g/mol. The third-order valence-corrected chi connectivity index (χ3v) is 5.61. The van der Waals surface area contributed by atoms with E-state index in [0.29, 0.717) is 18.1 Å². The zero-order valence-corrected chi connectivity index (χ0v) is 15.7. The Hall–Kier alpha value is -1.85. The molecule has 0 atom stereocenters. The standard InChI is InChI=1S/C21H25FN2OS/c22-20-9-7-17(8-10-20)15-26-16-21(25)23-13-18-5-1-2-6-19(18)14-24-11-3-4-12-24/h1-2,5-10H,3-4,11-16H2,(H,23,25). The summed E-state index contributed by atoms with van der Waals surface area (Å²) >= 11 is 1.54. The molecule has 2 aromatic rings. The van der Waals surface area contributed by atoms with E-state index in [0.717, 1.165) is 12.1 Å². The van der Waals surface area contributed by atoms with Crippen LogP contribution in [-0.2, 0) is 23.6 Å². The molecule has 1 N–H and O–H groups in total. The Kier molecular flexibility index (Phi) is 7.09. The SMILES string of the molecule is O=C(CSCc1ccc(F)cc1)NCc1ccccc1CN1CCCC1. The molecule has 2 aromatic carbocycles. The van der Waals surface area contributed by atoms with Crippen LogP contribution in [0.2, 0.25) is 0 Å². The van der Waals surface area contributed by atoms with E-state index in [-0.39, 0.29) is 11.7 Å². The molecule has 0 bridgehead atoms. The van der Waals surface area contributed by atoms with Crippen molar-refractivity contribution in [3.63, 3.8) is 0 Å². The molecule has 1 heterocycles. The van der Waals surface area contributed by atoms with Crippen molar-refractivity contribution in [2.45, 2.75) is 31.7 Å². The molecule has 0 saturated carbocycles. The average Bonchev–Trinajstić information content (AvgIpc) is 3.16. The number of halogens is 1. The molecule has 1 fully saturated rings. The lowest BCUT2D eigenvalue weighted by Gasteiger charge is -2.17. The number of likely N-dealkylation sites (tertiary alicyclic amines) is 1. The molecule has 1 amide bonds. The summed E-state index contributed by atoms with van der Waals surface area (Å²) < 4.78 is 12.9. The van der Waals surface area contributed by atoms with Crippen LogP contribution in [0.1, 0.15) is 29.5 Å². The van der Waals surface area contributed by atoms with E-state index in [4.69, 9.17) is 0 Å². The van der Waals surface area contributed by atoms with Gasteiger partial charge in [0.25, 0.3) is 0 Å². The van der Waals surface area contributed by atoms with Crippen molar-refractivity contribution in [3.05, 3.63) is 71.0 Å². The van der Waals surface area contributed by atoms with Crippen molar-refractivity contribution in [1.82, 2.24) is 10.2 Å². The molecule has 1 aliphatic rings. The molecule has 0 aromatic heterocycles. The smallest absolute Gasteiger partial charge is 0.230 e. The lowest BCUT2D eigenvalue weighted by molar-refractivity contribution is -0.118. The van der Waals surface area contributed by atoms with Gasteiger partial charge < -0.3 is 5.32 Å². The van der Waals surface area contributed by atoms with Gasteiger partial charge in [0, 0.05) is 18.8 Å². The molecule has 138 valence electrons. The zero-order chi connectivity index (χ0) is 18.2. The number of carbonyl (C=O) groups excluding carboxylic acids is 1. The first-order valence-corrected chi connectivity index (χ1v) is 10.2. The Balaban J connectivity index is 1.43. The fraction of sp³-hybridized carbons (Fsp3) is 0.381. The van der Waals surface area contributed by atoms with Crippen LogP contribution in [0.4, 0.5) is 4.39 Å². The van der Waals surface area contributed by atoms with Gasteiger partial charge in [-0.15, -0.1) is 11.8 Å². The second-order valence-electron chi connectivity index (χ2n) is 6.65.